The Balaban J connectivity index is 2.82. The largest absolute Gasteiger partial charge is 0.219 e. The van der Waals surface area contributed by atoms with E-state index in [1.807, 2.05) is 0 Å². The van der Waals surface area contributed by atoms with Crippen LogP contribution in [0.4, 0.5) is 0 Å². The topological polar surface area (TPSA) is 30.2 Å². The van der Waals surface area contributed by atoms with Gasteiger partial charge in [-0.1, -0.05) is 23.2 Å². The number of hydrogen-bond donors (Lipinski definition) is 0. The zero-order chi connectivity index (χ0) is 7.84. The second kappa shape index (κ2) is 2.36. The molecule has 56 valence electrons. The fraction of sp³-hybridized carbons (Fsp3) is 0. The molecule has 0 amide bonds. The molecule has 2 aromatic heterocycles. The third-order valence-corrected chi connectivity index (χ3v) is 1.65. The van der Waals surface area contributed by atoms with Crippen LogP contribution in [0.1, 0.15) is 0 Å². The summed E-state index contributed by atoms with van der Waals surface area (Å²) in [5, 5.41) is 4.91. The van der Waals surface area contributed by atoms with E-state index in [1.54, 1.807) is 16.8 Å². The molecule has 2 aromatic rings. The van der Waals surface area contributed by atoms with Gasteiger partial charge in [0.15, 0.2) is 5.65 Å². The summed E-state index contributed by atoms with van der Waals surface area (Å²) < 4.78 is 1.56. The Morgan fingerprint density at radius 2 is 2.18 bits per heavy atom. The van der Waals surface area contributed by atoms with E-state index in [0.29, 0.717) is 15.8 Å². The lowest BCUT2D eigenvalue weighted by atomic mass is 10.6. The highest BCUT2D eigenvalue weighted by Crippen LogP contribution is 2.12. The number of imidazole rings is 1. The van der Waals surface area contributed by atoms with Gasteiger partial charge in [-0.2, -0.15) is 5.10 Å². The predicted molar refractivity (Wildman–Crippen MR) is 43.0 cm³/mol. The number of nitrogens with zero attached hydrogens (tertiary/aromatic N) is 3. The van der Waals surface area contributed by atoms with Crippen molar-refractivity contribution >= 4 is 28.8 Å². The monoisotopic (exact) mass is 187 g/mol. The van der Waals surface area contributed by atoms with Crippen molar-refractivity contribution in [3.63, 3.8) is 0 Å². The normalized spacial score (nSPS) is 10.7. The highest BCUT2D eigenvalue weighted by atomic mass is 35.5. The van der Waals surface area contributed by atoms with Gasteiger partial charge in [0.05, 0.1) is 17.4 Å². The number of aromatic nitrogens is 3. The van der Waals surface area contributed by atoms with E-state index in [-0.39, 0.29) is 0 Å². The van der Waals surface area contributed by atoms with Crippen molar-refractivity contribution in [1.82, 2.24) is 14.6 Å². The van der Waals surface area contributed by atoms with Crippen LogP contribution in [0.15, 0.2) is 18.5 Å². The van der Waals surface area contributed by atoms with Gasteiger partial charge in [0.25, 0.3) is 0 Å². The highest BCUT2D eigenvalue weighted by Gasteiger charge is 1.98. The lowest BCUT2D eigenvalue weighted by molar-refractivity contribution is 0.936. The standard InChI is InChI=1S/C6H3Cl2N3/c7-4-1-6-10-5(8)3-11(6)9-2-4/h1-3H. The van der Waals surface area contributed by atoms with E-state index < -0.39 is 0 Å². The first-order valence-electron chi connectivity index (χ1n) is 2.92. The summed E-state index contributed by atoms with van der Waals surface area (Å²) >= 11 is 11.3. The van der Waals surface area contributed by atoms with Gasteiger partial charge in [0.2, 0.25) is 0 Å². The van der Waals surface area contributed by atoms with E-state index in [2.05, 4.69) is 10.1 Å². The van der Waals surface area contributed by atoms with Gasteiger partial charge in [-0.15, -0.1) is 0 Å². The van der Waals surface area contributed by atoms with Gasteiger partial charge in [-0.25, -0.2) is 9.50 Å². The van der Waals surface area contributed by atoms with Crippen LogP contribution in [-0.4, -0.2) is 14.6 Å². The molecule has 2 heterocycles. The van der Waals surface area contributed by atoms with Crippen LogP contribution >= 0.6 is 23.2 Å². The van der Waals surface area contributed by atoms with Crippen LogP contribution in [0.3, 0.4) is 0 Å². The Kier molecular flexibility index (Phi) is 1.47. The molecule has 0 aromatic carbocycles. The zero-order valence-corrected chi connectivity index (χ0v) is 6.84. The van der Waals surface area contributed by atoms with Crippen molar-refractivity contribution < 1.29 is 0 Å². The lowest BCUT2D eigenvalue weighted by Gasteiger charge is -1.89. The average Bonchev–Trinajstić information content (AvgIpc) is 2.27. The lowest BCUT2D eigenvalue weighted by Crippen LogP contribution is -1.87. The quantitative estimate of drug-likeness (QED) is 0.633. The molecule has 0 bridgehead atoms. The molecule has 0 saturated heterocycles. The molecule has 0 saturated carbocycles. The zero-order valence-electron chi connectivity index (χ0n) is 5.33. The first-order chi connectivity index (χ1) is 5.25. The second-order valence-electron chi connectivity index (χ2n) is 2.04. The van der Waals surface area contributed by atoms with Crippen molar-refractivity contribution in [2.75, 3.05) is 0 Å². The molecular weight excluding hydrogens is 185 g/mol. The van der Waals surface area contributed by atoms with Crippen LogP contribution in [0.25, 0.3) is 5.65 Å². The van der Waals surface area contributed by atoms with Crippen LogP contribution in [0.2, 0.25) is 10.2 Å². The Labute approximate surface area is 72.6 Å². The summed E-state index contributed by atoms with van der Waals surface area (Å²) in [7, 11) is 0. The number of rotatable bonds is 0. The summed E-state index contributed by atoms with van der Waals surface area (Å²) in [4.78, 5) is 3.96. The summed E-state index contributed by atoms with van der Waals surface area (Å²) in [6.07, 6.45) is 3.15. The molecule has 0 radical (unpaired) electrons. The summed E-state index contributed by atoms with van der Waals surface area (Å²) in [6, 6.07) is 1.69. The fourth-order valence-corrected chi connectivity index (χ4v) is 1.15. The van der Waals surface area contributed by atoms with Gasteiger partial charge < -0.3 is 0 Å². The van der Waals surface area contributed by atoms with Crippen molar-refractivity contribution in [2.24, 2.45) is 0 Å². The minimum absolute atomic E-state index is 0.416. The van der Waals surface area contributed by atoms with E-state index in [4.69, 9.17) is 23.2 Å². The van der Waals surface area contributed by atoms with Gasteiger partial charge in [-0.05, 0) is 0 Å². The molecule has 0 spiro atoms. The first kappa shape index (κ1) is 6.88. The fourth-order valence-electron chi connectivity index (χ4n) is 0.825. The van der Waals surface area contributed by atoms with Gasteiger partial charge in [-0.3, -0.25) is 0 Å². The summed E-state index contributed by atoms with van der Waals surface area (Å²) in [6.45, 7) is 0. The van der Waals surface area contributed by atoms with Gasteiger partial charge >= 0.3 is 0 Å². The molecule has 3 nitrogen and oxygen atoms in total. The molecule has 0 atom stereocenters. The van der Waals surface area contributed by atoms with E-state index in [0.717, 1.165) is 0 Å². The summed E-state index contributed by atoms with van der Waals surface area (Å²) in [5.74, 6) is 0. The van der Waals surface area contributed by atoms with Crippen molar-refractivity contribution in [1.29, 1.82) is 0 Å². The molecule has 11 heavy (non-hydrogen) atoms. The number of halogens is 2. The third-order valence-electron chi connectivity index (χ3n) is 1.26. The van der Waals surface area contributed by atoms with Gasteiger partial charge in [0.1, 0.15) is 5.15 Å². The van der Waals surface area contributed by atoms with Crippen molar-refractivity contribution in [3.05, 3.63) is 28.6 Å². The maximum Gasteiger partial charge on any atom is 0.156 e. The van der Waals surface area contributed by atoms with Crippen LogP contribution < -0.4 is 0 Å². The Morgan fingerprint density at radius 1 is 1.36 bits per heavy atom. The number of hydrogen-bond acceptors (Lipinski definition) is 2. The van der Waals surface area contributed by atoms with Crippen LogP contribution in [0, 0.1) is 0 Å². The molecule has 5 heteroatoms. The molecule has 0 aliphatic heterocycles. The second-order valence-corrected chi connectivity index (χ2v) is 2.86. The van der Waals surface area contributed by atoms with Crippen LogP contribution in [0.5, 0.6) is 0 Å². The highest BCUT2D eigenvalue weighted by molar-refractivity contribution is 6.31. The predicted octanol–water partition coefficient (Wildman–Crippen LogP) is 2.04. The van der Waals surface area contributed by atoms with E-state index in [1.165, 1.54) is 6.20 Å². The third kappa shape index (κ3) is 1.17. The minimum Gasteiger partial charge on any atom is -0.219 e. The molecule has 0 fully saturated rings. The maximum atomic E-state index is 5.67. The first-order valence-corrected chi connectivity index (χ1v) is 3.68. The van der Waals surface area contributed by atoms with Crippen molar-refractivity contribution in [3.8, 4) is 0 Å². The molecule has 0 unspecified atom stereocenters. The minimum atomic E-state index is 0.416. The molecule has 0 N–H and O–H groups in total. The van der Waals surface area contributed by atoms with Crippen molar-refractivity contribution in [2.45, 2.75) is 0 Å². The summed E-state index contributed by atoms with van der Waals surface area (Å²) in [5.41, 5.74) is 0.655. The number of fused-ring (bicyclic) bond motifs is 1. The van der Waals surface area contributed by atoms with Crippen LogP contribution in [-0.2, 0) is 0 Å². The Bertz CT molecular complexity index is 396. The molecule has 0 aliphatic rings. The average molecular weight is 188 g/mol. The van der Waals surface area contributed by atoms with E-state index in [9.17, 15) is 0 Å². The Morgan fingerprint density at radius 3 is 3.00 bits per heavy atom. The van der Waals surface area contributed by atoms with E-state index >= 15 is 0 Å². The SMILES string of the molecule is Clc1cnn2cc(Cl)nc2c1. The smallest absolute Gasteiger partial charge is 0.156 e. The molecular formula is C6H3Cl2N3. The Hall–Kier alpha value is -0.800. The van der Waals surface area contributed by atoms with Gasteiger partial charge in [0, 0.05) is 6.07 Å². The molecule has 2 rings (SSSR count). The maximum absolute atomic E-state index is 5.67. The molecule has 0 aliphatic carbocycles.